The van der Waals surface area contributed by atoms with Gasteiger partial charge in [-0.1, -0.05) is 0 Å². The van der Waals surface area contributed by atoms with Crippen molar-refractivity contribution in [3.63, 3.8) is 0 Å². The van der Waals surface area contributed by atoms with Crippen molar-refractivity contribution in [2.75, 3.05) is 75.2 Å². The molecule has 1 saturated carbocycles. The van der Waals surface area contributed by atoms with Crippen molar-refractivity contribution >= 4 is 29.6 Å². The molecule has 3 saturated heterocycles. The van der Waals surface area contributed by atoms with Crippen molar-refractivity contribution in [3.05, 3.63) is 11.8 Å². The van der Waals surface area contributed by atoms with Crippen LogP contribution in [0.5, 0.6) is 0 Å². The first-order valence-electron chi connectivity index (χ1n) is 13.7. The van der Waals surface area contributed by atoms with Gasteiger partial charge in [-0.15, -0.1) is 0 Å². The minimum Gasteiger partial charge on any atom is -0.380 e. The predicted octanol–water partition coefficient (Wildman–Crippen LogP) is 0.856. The Morgan fingerprint density at radius 3 is 2.68 bits per heavy atom. The molecule has 1 amide bonds. The summed E-state index contributed by atoms with van der Waals surface area (Å²) in [5, 5.41) is 14.1. The number of methoxy groups -OCH3 is 1. The zero-order valence-electron chi connectivity index (χ0n) is 22.2. The smallest absolute Gasteiger partial charge is 0.243 e. The second kappa shape index (κ2) is 11.0. The Labute approximate surface area is 222 Å². The van der Waals surface area contributed by atoms with E-state index in [-0.39, 0.29) is 18.1 Å². The van der Waals surface area contributed by atoms with E-state index in [9.17, 15) is 4.79 Å². The maximum atomic E-state index is 13.5. The lowest BCUT2D eigenvalue weighted by atomic mass is 10.1. The number of morpholine rings is 1. The third-order valence-corrected chi connectivity index (χ3v) is 7.89. The van der Waals surface area contributed by atoms with Crippen molar-refractivity contribution in [1.82, 2.24) is 35.4 Å². The highest BCUT2D eigenvalue weighted by Crippen LogP contribution is 2.39. The molecule has 5 heterocycles. The van der Waals surface area contributed by atoms with Crippen LogP contribution >= 0.6 is 0 Å². The number of likely N-dealkylation sites (tertiary alicyclic amines) is 1. The fraction of sp³-hybridized carbons (Fsp3) is 0.720. The normalized spacial score (nSPS) is 26.5. The molecule has 3 atom stereocenters. The van der Waals surface area contributed by atoms with Crippen molar-refractivity contribution in [3.8, 4) is 0 Å². The number of nitrogens with one attached hydrogen (secondary N) is 3. The second-order valence-corrected chi connectivity index (χ2v) is 10.8. The van der Waals surface area contributed by atoms with E-state index in [0.29, 0.717) is 68.8 Å². The molecule has 38 heavy (non-hydrogen) atoms. The summed E-state index contributed by atoms with van der Waals surface area (Å²) in [6.45, 7) is 5.07. The molecule has 4 fully saturated rings. The van der Waals surface area contributed by atoms with E-state index in [2.05, 4.69) is 37.7 Å². The van der Waals surface area contributed by atoms with Gasteiger partial charge >= 0.3 is 0 Å². The number of H-pyrrole nitrogens is 1. The zero-order valence-corrected chi connectivity index (χ0v) is 22.2. The second-order valence-electron chi connectivity index (χ2n) is 10.8. The highest BCUT2D eigenvalue weighted by atomic mass is 16.5. The fourth-order valence-corrected chi connectivity index (χ4v) is 5.58. The first kappa shape index (κ1) is 25.3. The van der Waals surface area contributed by atoms with Gasteiger partial charge < -0.3 is 34.8 Å². The number of hydrogen-bond acceptors (Lipinski definition) is 11. The number of rotatable bonds is 8. The lowest BCUT2D eigenvalue weighted by molar-refractivity contribution is -0.123. The molecule has 1 aliphatic carbocycles. The number of piperidine rings is 1. The van der Waals surface area contributed by atoms with Crippen molar-refractivity contribution in [2.45, 2.75) is 56.2 Å². The molecule has 0 aromatic carbocycles. The molecule has 206 valence electrons. The number of ether oxygens (including phenoxy) is 2. The van der Waals surface area contributed by atoms with Gasteiger partial charge in [0.05, 0.1) is 19.3 Å². The Morgan fingerprint density at radius 1 is 1.11 bits per heavy atom. The number of hydrogen-bond donors (Lipinski definition) is 3. The highest BCUT2D eigenvalue weighted by Gasteiger charge is 2.40. The Hall–Kier alpha value is -3.03. The van der Waals surface area contributed by atoms with Crippen LogP contribution in [-0.2, 0) is 14.3 Å². The molecule has 13 heteroatoms. The topological polar surface area (TPSA) is 137 Å². The van der Waals surface area contributed by atoms with Gasteiger partial charge in [0.2, 0.25) is 23.8 Å². The number of aromatic nitrogens is 5. The van der Waals surface area contributed by atoms with Gasteiger partial charge in [0.25, 0.3) is 0 Å². The maximum Gasteiger partial charge on any atom is 0.243 e. The third kappa shape index (κ3) is 5.69. The first-order valence-corrected chi connectivity index (χ1v) is 13.7. The number of likely N-dealkylation sites (N-methyl/N-ethyl adjacent to an activating group) is 1. The molecule has 6 rings (SSSR count). The number of carbonyl (C=O) groups is 1. The third-order valence-electron chi connectivity index (χ3n) is 7.89. The molecule has 0 radical (unpaired) electrons. The average molecular weight is 527 g/mol. The first-order chi connectivity index (χ1) is 18.6. The van der Waals surface area contributed by atoms with E-state index in [4.69, 9.17) is 24.4 Å². The molecule has 2 aromatic heterocycles. The quantitative estimate of drug-likeness (QED) is 0.452. The Morgan fingerprint density at radius 2 is 1.92 bits per heavy atom. The van der Waals surface area contributed by atoms with Gasteiger partial charge in [-0.05, 0) is 39.3 Å². The van der Waals surface area contributed by atoms with Crippen molar-refractivity contribution in [2.24, 2.45) is 0 Å². The summed E-state index contributed by atoms with van der Waals surface area (Å²) in [4.78, 5) is 34.2. The van der Waals surface area contributed by atoms with E-state index < -0.39 is 6.04 Å². The van der Waals surface area contributed by atoms with E-state index in [1.54, 1.807) is 7.11 Å². The van der Waals surface area contributed by atoms with Gasteiger partial charge in [0.1, 0.15) is 6.04 Å². The molecule has 1 unspecified atom stereocenters. The van der Waals surface area contributed by atoms with Crippen LogP contribution in [-0.4, -0.2) is 114 Å². The number of nitrogens with zero attached hydrogens (tertiary/aromatic N) is 7. The van der Waals surface area contributed by atoms with Crippen LogP contribution in [0.3, 0.4) is 0 Å². The van der Waals surface area contributed by atoms with Crippen LogP contribution in [0.1, 0.15) is 43.7 Å². The van der Waals surface area contributed by atoms with Crippen LogP contribution in [0, 0.1) is 0 Å². The number of amides is 1. The summed E-state index contributed by atoms with van der Waals surface area (Å²) < 4.78 is 11.2. The minimum absolute atomic E-state index is 0.00549. The lowest BCUT2D eigenvalue weighted by Crippen LogP contribution is -2.52. The summed E-state index contributed by atoms with van der Waals surface area (Å²) in [7, 11) is 3.79. The van der Waals surface area contributed by atoms with E-state index >= 15 is 0 Å². The Bertz CT molecular complexity index is 1120. The SMILES string of the molecule is CO[C@H]1C[C@@H](C(=O)NC2CCCN(C)C2)N(c2nc(Nc3cc(C4CC4)[nH]n3)nc(N3CCOCC3)n2)C1. The Kier molecular flexibility index (Phi) is 7.30. The van der Waals surface area contributed by atoms with Gasteiger partial charge in [-0.2, -0.15) is 20.1 Å². The molecule has 4 aliphatic rings. The van der Waals surface area contributed by atoms with Gasteiger partial charge in [0.15, 0.2) is 5.82 Å². The van der Waals surface area contributed by atoms with Crippen LogP contribution in [0.25, 0.3) is 0 Å². The zero-order chi connectivity index (χ0) is 26.1. The summed E-state index contributed by atoms with van der Waals surface area (Å²) >= 11 is 0. The average Bonchev–Trinajstić information content (AvgIpc) is 3.51. The van der Waals surface area contributed by atoms with Gasteiger partial charge in [-0.25, -0.2) is 0 Å². The number of aromatic amines is 1. The van der Waals surface area contributed by atoms with Gasteiger partial charge in [0, 0.05) is 63.4 Å². The lowest BCUT2D eigenvalue weighted by Gasteiger charge is -2.32. The molecule has 3 aliphatic heterocycles. The van der Waals surface area contributed by atoms with E-state index in [1.165, 1.54) is 12.8 Å². The monoisotopic (exact) mass is 526 g/mol. The standard InChI is InChI=1S/C25H38N10O3/c1-33-7-3-4-17(14-33)26-22(36)20-12-18(37-2)15-35(20)25-29-23(27-21-13-19(31-32-21)16-5-6-16)28-24(30-25)34-8-10-38-11-9-34/h13,16-18,20H,3-12,14-15H2,1-2H3,(H,26,36)(H2,27,28,29,30,31,32)/t17?,18-,20-/m0/s1. The summed E-state index contributed by atoms with van der Waals surface area (Å²) in [6, 6.07) is 1.74. The van der Waals surface area contributed by atoms with E-state index in [0.717, 1.165) is 31.6 Å². The number of anilines is 4. The highest BCUT2D eigenvalue weighted by molar-refractivity contribution is 5.86. The molecule has 13 nitrogen and oxygen atoms in total. The fourth-order valence-electron chi connectivity index (χ4n) is 5.58. The molecule has 0 bridgehead atoms. The van der Waals surface area contributed by atoms with Crippen LogP contribution in [0.4, 0.5) is 23.7 Å². The summed E-state index contributed by atoms with van der Waals surface area (Å²) in [5.74, 6) is 2.65. The van der Waals surface area contributed by atoms with E-state index in [1.807, 2.05) is 11.0 Å². The largest absolute Gasteiger partial charge is 0.380 e. The predicted molar refractivity (Wildman–Crippen MR) is 142 cm³/mol. The molecule has 2 aromatic rings. The van der Waals surface area contributed by atoms with Gasteiger partial charge in [-0.3, -0.25) is 9.89 Å². The van der Waals surface area contributed by atoms with Crippen LogP contribution in [0.2, 0.25) is 0 Å². The summed E-state index contributed by atoms with van der Waals surface area (Å²) in [6.07, 6.45) is 4.94. The molecule has 0 spiro atoms. The summed E-state index contributed by atoms with van der Waals surface area (Å²) in [5.41, 5.74) is 1.13. The number of carbonyl (C=O) groups excluding carboxylic acids is 1. The molecular weight excluding hydrogens is 488 g/mol. The van der Waals surface area contributed by atoms with Crippen molar-refractivity contribution < 1.29 is 14.3 Å². The van der Waals surface area contributed by atoms with Crippen LogP contribution in [0.15, 0.2) is 6.07 Å². The van der Waals surface area contributed by atoms with Crippen molar-refractivity contribution in [1.29, 1.82) is 0 Å². The van der Waals surface area contributed by atoms with Crippen LogP contribution < -0.4 is 20.4 Å². The molecular formula is C25H38N10O3. The molecule has 3 N–H and O–H groups in total. The maximum absolute atomic E-state index is 13.5. The Balaban J connectivity index is 1.27. The minimum atomic E-state index is -0.424.